The molecule has 1 aromatic rings. The van der Waals surface area contributed by atoms with E-state index in [9.17, 15) is 0 Å². The van der Waals surface area contributed by atoms with Crippen molar-refractivity contribution in [3.05, 3.63) is 34.3 Å². The molecule has 0 spiro atoms. The molecule has 16 heavy (non-hydrogen) atoms. The third kappa shape index (κ3) is 3.30. The van der Waals surface area contributed by atoms with Crippen LogP contribution < -0.4 is 5.32 Å². The molecule has 3 heteroatoms. The Hall–Kier alpha value is -0.380. The fraction of sp³-hybridized carbons (Fsp3) is 0.538. The molecule has 1 saturated heterocycles. The molecular weight excluding hydrogens is 266 g/mol. The van der Waals surface area contributed by atoms with Crippen LogP contribution in [-0.4, -0.2) is 19.3 Å². The maximum absolute atomic E-state index is 5.36. The van der Waals surface area contributed by atoms with Crippen LogP contribution >= 0.6 is 15.9 Å². The van der Waals surface area contributed by atoms with Crippen molar-refractivity contribution in [2.75, 3.05) is 13.2 Å². The first-order chi connectivity index (χ1) is 7.75. The topological polar surface area (TPSA) is 21.3 Å². The van der Waals surface area contributed by atoms with Gasteiger partial charge in [0.2, 0.25) is 0 Å². The molecule has 88 valence electrons. The zero-order valence-corrected chi connectivity index (χ0v) is 11.2. The highest BCUT2D eigenvalue weighted by Crippen LogP contribution is 2.19. The Labute approximate surface area is 106 Å². The smallest absolute Gasteiger partial charge is 0.0480 e. The van der Waals surface area contributed by atoms with Gasteiger partial charge >= 0.3 is 0 Å². The lowest BCUT2D eigenvalue weighted by Gasteiger charge is -2.27. The van der Waals surface area contributed by atoms with Crippen molar-refractivity contribution >= 4 is 15.9 Å². The molecule has 1 N–H and O–H groups in total. The Kier molecular flexibility index (Phi) is 4.38. The van der Waals surface area contributed by atoms with Crippen molar-refractivity contribution in [3.63, 3.8) is 0 Å². The quantitative estimate of drug-likeness (QED) is 0.919. The van der Waals surface area contributed by atoms with Gasteiger partial charge in [0.25, 0.3) is 0 Å². The van der Waals surface area contributed by atoms with Crippen LogP contribution in [0.2, 0.25) is 0 Å². The number of hydrogen-bond donors (Lipinski definition) is 1. The highest BCUT2D eigenvalue weighted by Gasteiger charge is 2.16. The van der Waals surface area contributed by atoms with Gasteiger partial charge in [-0.05, 0) is 37.5 Å². The molecule has 2 nitrogen and oxygen atoms in total. The third-order valence-corrected chi connectivity index (χ3v) is 3.55. The number of benzene rings is 1. The zero-order chi connectivity index (χ0) is 11.4. The van der Waals surface area contributed by atoms with E-state index in [-0.39, 0.29) is 0 Å². The van der Waals surface area contributed by atoms with Crippen LogP contribution in [0, 0.1) is 0 Å². The van der Waals surface area contributed by atoms with Gasteiger partial charge in [-0.3, -0.25) is 0 Å². The van der Waals surface area contributed by atoms with Gasteiger partial charge in [-0.15, -0.1) is 0 Å². The molecule has 1 fully saturated rings. The summed E-state index contributed by atoms with van der Waals surface area (Å²) in [6.45, 7) is 4.00. The molecule has 1 aromatic carbocycles. The maximum atomic E-state index is 5.36. The molecule has 2 rings (SSSR count). The first-order valence-electron chi connectivity index (χ1n) is 5.85. The summed E-state index contributed by atoms with van der Waals surface area (Å²) in [5.41, 5.74) is 1.33. The Morgan fingerprint density at radius 2 is 2.12 bits per heavy atom. The van der Waals surface area contributed by atoms with E-state index in [1.807, 2.05) is 0 Å². The molecular formula is C13H18BrNO. The van der Waals surface area contributed by atoms with E-state index in [0.29, 0.717) is 12.1 Å². The standard InChI is InChI=1S/C13H18BrNO/c1-10(11-3-2-4-12(14)9-11)15-13-5-7-16-8-6-13/h2-4,9-10,13,15H,5-8H2,1H3/t10-/m1/s1. The van der Waals surface area contributed by atoms with Crippen LogP contribution in [0.25, 0.3) is 0 Å². The minimum Gasteiger partial charge on any atom is -0.381 e. The molecule has 0 aromatic heterocycles. The summed E-state index contributed by atoms with van der Waals surface area (Å²) in [6, 6.07) is 9.49. The molecule has 0 bridgehead atoms. The van der Waals surface area contributed by atoms with Gasteiger partial charge in [0.1, 0.15) is 0 Å². The predicted molar refractivity (Wildman–Crippen MR) is 69.5 cm³/mol. The van der Waals surface area contributed by atoms with E-state index in [0.717, 1.165) is 30.5 Å². The molecule has 1 aliphatic heterocycles. The van der Waals surface area contributed by atoms with E-state index >= 15 is 0 Å². The first kappa shape index (κ1) is 12.1. The third-order valence-electron chi connectivity index (χ3n) is 3.06. The van der Waals surface area contributed by atoms with Crippen LogP contribution in [0.1, 0.15) is 31.4 Å². The molecule has 1 atom stereocenters. The second-order valence-electron chi connectivity index (χ2n) is 4.33. The normalized spacial score (nSPS) is 19.6. The van der Waals surface area contributed by atoms with Gasteiger partial charge in [-0.25, -0.2) is 0 Å². The van der Waals surface area contributed by atoms with Crippen LogP contribution in [0.15, 0.2) is 28.7 Å². The van der Waals surface area contributed by atoms with E-state index < -0.39 is 0 Å². The summed E-state index contributed by atoms with van der Waals surface area (Å²) in [6.07, 6.45) is 2.25. The summed E-state index contributed by atoms with van der Waals surface area (Å²) >= 11 is 3.51. The van der Waals surface area contributed by atoms with Crippen LogP contribution in [-0.2, 0) is 4.74 Å². The number of rotatable bonds is 3. The summed E-state index contributed by atoms with van der Waals surface area (Å²) in [4.78, 5) is 0. The number of nitrogens with one attached hydrogen (secondary N) is 1. The second-order valence-corrected chi connectivity index (χ2v) is 5.25. The summed E-state index contributed by atoms with van der Waals surface area (Å²) in [7, 11) is 0. The molecule has 1 heterocycles. The fourth-order valence-electron chi connectivity index (χ4n) is 2.09. The average molecular weight is 284 g/mol. The van der Waals surface area contributed by atoms with Gasteiger partial charge in [0.05, 0.1) is 0 Å². The van der Waals surface area contributed by atoms with Crippen molar-refractivity contribution in [2.24, 2.45) is 0 Å². The summed E-state index contributed by atoms with van der Waals surface area (Å²) in [5.74, 6) is 0. The van der Waals surface area contributed by atoms with Crippen molar-refractivity contribution in [3.8, 4) is 0 Å². The fourth-order valence-corrected chi connectivity index (χ4v) is 2.51. The SMILES string of the molecule is C[C@@H](NC1CCOCC1)c1cccc(Br)c1. The molecule has 0 unspecified atom stereocenters. The van der Waals surface area contributed by atoms with E-state index in [1.54, 1.807) is 0 Å². The Morgan fingerprint density at radius 1 is 1.38 bits per heavy atom. The molecule has 0 saturated carbocycles. The monoisotopic (exact) mass is 283 g/mol. The first-order valence-corrected chi connectivity index (χ1v) is 6.64. The predicted octanol–water partition coefficient (Wildman–Crippen LogP) is 3.28. The van der Waals surface area contributed by atoms with Crippen LogP contribution in [0.3, 0.4) is 0 Å². The van der Waals surface area contributed by atoms with E-state index in [4.69, 9.17) is 4.74 Å². The van der Waals surface area contributed by atoms with Gasteiger partial charge < -0.3 is 10.1 Å². The maximum Gasteiger partial charge on any atom is 0.0480 e. The summed E-state index contributed by atoms with van der Waals surface area (Å²) in [5, 5.41) is 3.66. The van der Waals surface area contributed by atoms with Gasteiger partial charge in [0.15, 0.2) is 0 Å². The number of hydrogen-bond acceptors (Lipinski definition) is 2. The van der Waals surface area contributed by atoms with Crippen molar-refractivity contribution in [2.45, 2.75) is 31.8 Å². The van der Waals surface area contributed by atoms with Gasteiger partial charge in [-0.2, -0.15) is 0 Å². The van der Waals surface area contributed by atoms with Gasteiger partial charge in [-0.1, -0.05) is 28.1 Å². The zero-order valence-electron chi connectivity index (χ0n) is 9.58. The Bertz CT molecular complexity index is 336. The van der Waals surface area contributed by atoms with Crippen LogP contribution in [0.5, 0.6) is 0 Å². The van der Waals surface area contributed by atoms with Gasteiger partial charge in [0, 0.05) is 29.8 Å². The molecule has 1 aliphatic rings. The molecule has 0 amide bonds. The van der Waals surface area contributed by atoms with Crippen molar-refractivity contribution < 1.29 is 4.74 Å². The minimum absolute atomic E-state index is 0.403. The molecule has 0 aliphatic carbocycles. The highest BCUT2D eigenvalue weighted by atomic mass is 79.9. The Balaban J connectivity index is 1.94. The minimum atomic E-state index is 0.403. The molecule has 0 radical (unpaired) electrons. The number of ether oxygens (including phenoxy) is 1. The number of halogens is 1. The second kappa shape index (κ2) is 5.80. The lowest BCUT2D eigenvalue weighted by molar-refractivity contribution is 0.0754. The van der Waals surface area contributed by atoms with Crippen molar-refractivity contribution in [1.29, 1.82) is 0 Å². The van der Waals surface area contributed by atoms with Crippen LogP contribution in [0.4, 0.5) is 0 Å². The Morgan fingerprint density at radius 3 is 2.81 bits per heavy atom. The van der Waals surface area contributed by atoms with E-state index in [2.05, 4.69) is 52.4 Å². The largest absolute Gasteiger partial charge is 0.381 e. The van der Waals surface area contributed by atoms with Crippen molar-refractivity contribution in [1.82, 2.24) is 5.32 Å². The van der Waals surface area contributed by atoms with E-state index in [1.165, 1.54) is 5.56 Å². The average Bonchev–Trinajstić information content (AvgIpc) is 2.30. The summed E-state index contributed by atoms with van der Waals surface area (Å²) < 4.78 is 6.50. The lowest BCUT2D eigenvalue weighted by Crippen LogP contribution is -2.36. The highest BCUT2D eigenvalue weighted by molar-refractivity contribution is 9.10. The lowest BCUT2D eigenvalue weighted by atomic mass is 10.0.